The Morgan fingerprint density at radius 3 is 2.42 bits per heavy atom. The number of hydrogen-bond acceptors (Lipinski definition) is 6. The summed E-state index contributed by atoms with van der Waals surface area (Å²) in [6, 6.07) is 5.30. The quantitative estimate of drug-likeness (QED) is 0.535. The Balaban J connectivity index is 1.71. The van der Waals surface area contributed by atoms with Gasteiger partial charge >= 0.3 is 11.7 Å². The van der Waals surface area contributed by atoms with E-state index in [9.17, 15) is 19.2 Å². The Hall–Kier alpha value is -3.82. The monoisotopic (exact) mass is 451 g/mol. The minimum atomic E-state index is -1.52. The largest absolute Gasteiger partial charge is 0.476 e. The molecule has 3 aromatic rings. The molecule has 0 radical (unpaired) electrons. The van der Waals surface area contributed by atoms with Crippen LogP contribution in [0.15, 0.2) is 32.6 Å². The molecule has 1 aromatic carbocycles. The summed E-state index contributed by atoms with van der Waals surface area (Å²) in [5.74, 6) is -0.823. The Morgan fingerprint density at radius 1 is 1.12 bits per heavy atom. The van der Waals surface area contributed by atoms with Crippen LogP contribution in [-0.4, -0.2) is 36.0 Å². The smallest absolute Gasteiger partial charge is 0.362 e. The van der Waals surface area contributed by atoms with Crippen LogP contribution in [-0.2, 0) is 6.42 Å². The van der Waals surface area contributed by atoms with E-state index in [4.69, 9.17) is 5.11 Å². The van der Waals surface area contributed by atoms with Crippen LogP contribution in [0.4, 0.5) is 0 Å². The molecule has 2 atom stereocenters. The molecule has 2 unspecified atom stereocenters. The van der Waals surface area contributed by atoms with Crippen molar-refractivity contribution in [2.75, 3.05) is 0 Å². The van der Waals surface area contributed by atoms with E-state index in [1.54, 1.807) is 12.1 Å². The number of rotatable bonds is 5. The summed E-state index contributed by atoms with van der Waals surface area (Å²) in [7, 11) is 0. The molecule has 1 aliphatic rings. The standard InChI is InChI=1S/C23H25N5O5/c1-11-5-4-6-16(11)18-10-14(25-26-20(18)29)9-17-12(2)7-15(8-13(17)3)28-23(33)24-21(30)19(27-28)22(31)32/h7-8,10-11,16H,4-6,9H2,1-3H3,(H,26,29)(H,31,32)(H,24,30,33). The second-order valence-electron chi connectivity index (χ2n) is 8.72. The number of nitrogens with zero attached hydrogens (tertiary/aromatic N) is 3. The molecule has 0 aliphatic heterocycles. The second kappa shape index (κ2) is 8.61. The maximum absolute atomic E-state index is 12.4. The van der Waals surface area contributed by atoms with Crippen molar-refractivity contribution in [2.45, 2.75) is 52.4 Å². The van der Waals surface area contributed by atoms with Gasteiger partial charge in [-0.15, -0.1) is 0 Å². The van der Waals surface area contributed by atoms with Crippen molar-refractivity contribution in [1.29, 1.82) is 0 Å². The van der Waals surface area contributed by atoms with E-state index in [-0.39, 0.29) is 11.5 Å². The number of aromatic carboxylic acids is 1. The Bertz CT molecular complexity index is 1390. The Labute approximate surface area is 188 Å². The third-order valence-corrected chi connectivity index (χ3v) is 6.46. The normalized spacial score (nSPS) is 17.9. The zero-order chi connectivity index (χ0) is 23.9. The maximum atomic E-state index is 12.4. The molecule has 4 rings (SSSR count). The van der Waals surface area contributed by atoms with Crippen LogP contribution in [0, 0.1) is 19.8 Å². The lowest BCUT2D eigenvalue weighted by atomic mass is 9.90. The third-order valence-electron chi connectivity index (χ3n) is 6.46. The summed E-state index contributed by atoms with van der Waals surface area (Å²) in [6.07, 6.45) is 3.71. The van der Waals surface area contributed by atoms with Crippen LogP contribution < -0.4 is 16.8 Å². The number of carboxylic acids is 1. The lowest BCUT2D eigenvalue weighted by Crippen LogP contribution is -2.35. The van der Waals surface area contributed by atoms with Gasteiger partial charge in [-0.1, -0.05) is 19.8 Å². The fraction of sp³-hybridized carbons (Fsp3) is 0.391. The number of carbonyl (C=O) groups is 1. The molecule has 0 saturated heterocycles. The maximum Gasteiger partial charge on any atom is 0.362 e. The van der Waals surface area contributed by atoms with Gasteiger partial charge in [0, 0.05) is 12.0 Å². The van der Waals surface area contributed by atoms with Crippen LogP contribution in [0.5, 0.6) is 0 Å². The number of carboxylic acid groups (broad SMARTS) is 1. The van der Waals surface area contributed by atoms with Crippen molar-refractivity contribution in [3.8, 4) is 5.69 Å². The summed E-state index contributed by atoms with van der Waals surface area (Å²) < 4.78 is 0.868. The topological polar surface area (TPSA) is 151 Å². The average Bonchev–Trinajstić information content (AvgIpc) is 3.17. The molecule has 3 N–H and O–H groups in total. The number of aromatic nitrogens is 5. The average molecular weight is 451 g/mol. The fourth-order valence-corrected chi connectivity index (χ4v) is 4.71. The highest BCUT2D eigenvalue weighted by molar-refractivity contribution is 5.84. The van der Waals surface area contributed by atoms with E-state index in [1.807, 2.05) is 24.9 Å². The number of H-pyrrole nitrogens is 2. The van der Waals surface area contributed by atoms with Crippen molar-refractivity contribution in [1.82, 2.24) is 25.0 Å². The van der Waals surface area contributed by atoms with Gasteiger partial charge in [0.15, 0.2) is 0 Å². The first-order valence-corrected chi connectivity index (χ1v) is 10.8. The molecule has 10 heteroatoms. The zero-order valence-corrected chi connectivity index (χ0v) is 18.6. The van der Waals surface area contributed by atoms with Gasteiger partial charge in [-0.05, 0) is 67.0 Å². The molecule has 0 bridgehead atoms. The van der Waals surface area contributed by atoms with E-state index in [2.05, 4.69) is 22.2 Å². The van der Waals surface area contributed by atoms with E-state index in [1.165, 1.54) is 0 Å². The Kier molecular flexibility index (Phi) is 5.84. The highest BCUT2D eigenvalue weighted by atomic mass is 16.4. The first kappa shape index (κ1) is 22.4. The van der Waals surface area contributed by atoms with Crippen molar-refractivity contribution < 1.29 is 9.90 Å². The van der Waals surface area contributed by atoms with Gasteiger partial charge in [0.1, 0.15) is 0 Å². The first-order valence-electron chi connectivity index (χ1n) is 10.8. The van der Waals surface area contributed by atoms with Crippen molar-refractivity contribution in [3.05, 3.63) is 83.0 Å². The van der Waals surface area contributed by atoms with E-state index in [0.717, 1.165) is 51.9 Å². The highest BCUT2D eigenvalue weighted by Gasteiger charge is 2.27. The van der Waals surface area contributed by atoms with Gasteiger partial charge in [0.05, 0.1) is 11.4 Å². The molecule has 10 nitrogen and oxygen atoms in total. The van der Waals surface area contributed by atoms with Gasteiger partial charge in [0.25, 0.3) is 11.1 Å². The number of aromatic amines is 2. The molecule has 0 amide bonds. The number of hydrogen-bond donors (Lipinski definition) is 3. The van der Waals surface area contributed by atoms with E-state index < -0.39 is 22.9 Å². The lowest BCUT2D eigenvalue weighted by molar-refractivity contribution is 0.0685. The summed E-state index contributed by atoms with van der Waals surface area (Å²) in [4.78, 5) is 49.6. The molecular weight excluding hydrogens is 426 g/mol. The minimum absolute atomic E-state index is 0.140. The van der Waals surface area contributed by atoms with Crippen LogP contribution in [0.2, 0.25) is 0 Å². The lowest BCUT2D eigenvalue weighted by Gasteiger charge is -2.16. The molecule has 1 fully saturated rings. The SMILES string of the molecule is Cc1cc(-n2nc(C(=O)O)c(=O)[nH]c2=O)cc(C)c1Cc1cc(C2CCCC2C)c(=O)[nH]n1. The molecule has 172 valence electrons. The fourth-order valence-electron chi connectivity index (χ4n) is 4.71. The molecule has 1 saturated carbocycles. The van der Waals surface area contributed by atoms with Crippen LogP contribution in [0.3, 0.4) is 0 Å². The predicted molar refractivity (Wildman–Crippen MR) is 120 cm³/mol. The van der Waals surface area contributed by atoms with Crippen LogP contribution in [0.25, 0.3) is 5.69 Å². The van der Waals surface area contributed by atoms with Crippen molar-refractivity contribution in [3.63, 3.8) is 0 Å². The van der Waals surface area contributed by atoms with E-state index >= 15 is 0 Å². The van der Waals surface area contributed by atoms with Crippen LogP contribution >= 0.6 is 0 Å². The number of benzene rings is 1. The molecule has 2 heterocycles. The molecule has 0 spiro atoms. The van der Waals surface area contributed by atoms with Crippen molar-refractivity contribution >= 4 is 5.97 Å². The molecule has 2 aromatic heterocycles. The number of aryl methyl sites for hydroxylation is 2. The molecule has 1 aliphatic carbocycles. The molecular formula is C23H25N5O5. The summed E-state index contributed by atoms with van der Waals surface area (Å²) in [5, 5.41) is 19.8. The predicted octanol–water partition coefficient (Wildman–Crippen LogP) is 1.81. The first-order chi connectivity index (χ1) is 15.7. The van der Waals surface area contributed by atoms with Gasteiger partial charge in [-0.2, -0.15) is 14.9 Å². The van der Waals surface area contributed by atoms with Gasteiger partial charge in [-0.3, -0.25) is 14.6 Å². The van der Waals surface area contributed by atoms with Gasteiger partial charge in [0.2, 0.25) is 5.69 Å². The minimum Gasteiger partial charge on any atom is -0.476 e. The second-order valence-corrected chi connectivity index (χ2v) is 8.72. The number of nitrogens with one attached hydrogen (secondary N) is 2. The highest BCUT2D eigenvalue weighted by Crippen LogP contribution is 2.38. The van der Waals surface area contributed by atoms with Gasteiger partial charge in [-0.25, -0.2) is 14.7 Å². The molecule has 33 heavy (non-hydrogen) atoms. The van der Waals surface area contributed by atoms with Crippen LogP contribution in [0.1, 0.15) is 70.5 Å². The Morgan fingerprint density at radius 2 is 1.82 bits per heavy atom. The summed E-state index contributed by atoms with van der Waals surface area (Å²) >= 11 is 0. The van der Waals surface area contributed by atoms with Gasteiger partial charge < -0.3 is 5.11 Å². The van der Waals surface area contributed by atoms with Crippen molar-refractivity contribution in [2.24, 2.45) is 5.92 Å². The van der Waals surface area contributed by atoms with E-state index in [0.29, 0.717) is 18.0 Å². The third kappa shape index (κ3) is 4.28. The summed E-state index contributed by atoms with van der Waals surface area (Å²) in [6.45, 7) is 5.91. The zero-order valence-electron chi connectivity index (χ0n) is 18.6. The summed E-state index contributed by atoms with van der Waals surface area (Å²) in [5.41, 5.74) is 1.74.